The number of unbranched alkanes of at least 4 members (excludes halogenated alkanes) is 1. The standard InChI is InChI=1S/C8H14O2/c1-3-4-5-7(2)6-8(9)10/h6H,3-5H2,1-2H3,(H,9,10)/b7-6+. The van der Waals surface area contributed by atoms with Gasteiger partial charge >= 0.3 is 5.97 Å². The van der Waals surface area contributed by atoms with Crippen LogP contribution in [0.15, 0.2) is 11.6 Å². The molecule has 0 unspecified atom stereocenters. The molecule has 0 bridgehead atoms. The van der Waals surface area contributed by atoms with Gasteiger partial charge in [-0.3, -0.25) is 0 Å². The van der Waals surface area contributed by atoms with Crippen molar-refractivity contribution in [3.63, 3.8) is 0 Å². The van der Waals surface area contributed by atoms with E-state index in [1.807, 2.05) is 6.92 Å². The molecule has 0 saturated heterocycles. The Kier molecular flexibility index (Phi) is 4.63. The van der Waals surface area contributed by atoms with Crippen LogP contribution in [0.3, 0.4) is 0 Å². The first-order valence-corrected chi connectivity index (χ1v) is 3.57. The third-order valence-electron chi connectivity index (χ3n) is 1.29. The molecule has 0 radical (unpaired) electrons. The SMILES string of the molecule is CCCC/C(C)=C/C(=O)O. The lowest BCUT2D eigenvalue weighted by Crippen LogP contribution is -1.89. The van der Waals surface area contributed by atoms with Crippen molar-refractivity contribution in [1.29, 1.82) is 0 Å². The lowest BCUT2D eigenvalue weighted by Gasteiger charge is -1.95. The fourth-order valence-corrected chi connectivity index (χ4v) is 0.739. The molecule has 0 saturated carbocycles. The Morgan fingerprint density at radius 1 is 1.60 bits per heavy atom. The number of hydrogen-bond donors (Lipinski definition) is 1. The Morgan fingerprint density at radius 2 is 2.20 bits per heavy atom. The average Bonchev–Trinajstić information content (AvgIpc) is 1.82. The number of hydrogen-bond acceptors (Lipinski definition) is 1. The fourth-order valence-electron chi connectivity index (χ4n) is 0.739. The molecule has 0 atom stereocenters. The van der Waals surface area contributed by atoms with Crippen LogP contribution >= 0.6 is 0 Å². The first kappa shape index (κ1) is 9.21. The summed E-state index contributed by atoms with van der Waals surface area (Å²) in [4.78, 5) is 10.1. The molecule has 0 aliphatic rings. The molecule has 0 aromatic rings. The quantitative estimate of drug-likeness (QED) is 0.611. The zero-order chi connectivity index (χ0) is 7.98. The van der Waals surface area contributed by atoms with Gasteiger partial charge in [-0.1, -0.05) is 18.9 Å². The van der Waals surface area contributed by atoms with Gasteiger partial charge in [0.2, 0.25) is 0 Å². The van der Waals surface area contributed by atoms with E-state index >= 15 is 0 Å². The zero-order valence-electron chi connectivity index (χ0n) is 6.55. The molecular weight excluding hydrogens is 128 g/mol. The van der Waals surface area contributed by atoms with Crippen LogP contribution in [0.25, 0.3) is 0 Å². The number of rotatable bonds is 4. The van der Waals surface area contributed by atoms with Crippen LogP contribution in [-0.2, 0) is 4.79 Å². The molecule has 0 aromatic heterocycles. The molecule has 0 aliphatic carbocycles. The summed E-state index contributed by atoms with van der Waals surface area (Å²) in [5, 5.41) is 8.31. The van der Waals surface area contributed by atoms with E-state index in [2.05, 4.69) is 6.92 Å². The van der Waals surface area contributed by atoms with Crippen LogP contribution in [0, 0.1) is 0 Å². The number of carboxylic acids is 1. The number of carbonyl (C=O) groups is 1. The van der Waals surface area contributed by atoms with Crippen LogP contribution in [0.4, 0.5) is 0 Å². The van der Waals surface area contributed by atoms with E-state index in [0.29, 0.717) is 0 Å². The summed E-state index contributed by atoms with van der Waals surface area (Å²) in [7, 11) is 0. The molecule has 58 valence electrons. The minimum Gasteiger partial charge on any atom is -0.478 e. The van der Waals surface area contributed by atoms with Gasteiger partial charge in [-0.15, -0.1) is 0 Å². The van der Waals surface area contributed by atoms with Gasteiger partial charge in [-0.2, -0.15) is 0 Å². The van der Waals surface area contributed by atoms with Gasteiger partial charge in [0, 0.05) is 6.08 Å². The van der Waals surface area contributed by atoms with Crippen molar-refractivity contribution in [1.82, 2.24) is 0 Å². The normalized spacial score (nSPS) is 11.6. The topological polar surface area (TPSA) is 37.3 Å². The first-order chi connectivity index (χ1) is 4.66. The predicted octanol–water partition coefficient (Wildman–Crippen LogP) is 2.21. The Hall–Kier alpha value is -0.790. The third-order valence-corrected chi connectivity index (χ3v) is 1.29. The second kappa shape index (κ2) is 5.03. The highest BCUT2D eigenvalue weighted by atomic mass is 16.4. The molecule has 0 fully saturated rings. The van der Waals surface area contributed by atoms with Crippen LogP contribution in [0.2, 0.25) is 0 Å². The van der Waals surface area contributed by atoms with Crippen LogP contribution < -0.4 is 0 Å². The number of allylic oxidation sites excluding steroid dienone is 1. The van der Waals surface area contributed by atoms with Gasteiger partial charge in [0.25, 0.3) is 0 Å². The van der Waals surface area contributed by atoms with Gasteiger partial charge in [0.1, 0.15) is 0 Å². The van der Waals surface area contributed by atoms with Gasteiger partial charge in [-0.05, 0) is 19.8 Å². The number of aliphatic carboxylic acids is 1. The molecule has 0 aromatic carbocycles. The predicted molar refractivity (Wildman–Crippen MR) is 40.9 cm³/mol. The summed E-state index contributed by atoms with van der Waals surface area (Å²) >= 11 is 0. The van der Waals surface area contributed by atoms with E-state index in [1.165, 1.54) is 6.08 Å². The fraction of sp³-hybridized carbons (Fsp3) is 0.625. The monoisotopic (exact) mass is 142 g/mol. The van der Waals surface area contributed by atoms with Gasteiger partial charge < -0.3 is 5.11 Å². The molecular formula is C8H14O2. The summed E-state index contributed by atoms with van der Waals surface area (Å²) in [6.45, 7) is 3.94. The molecule has 10 heavy (non-hydrogen) atoms. The summed E-state index contributed by atoms with van der Waals surface area (Å²) in [6.07, 6.45) is 4.37. The van der Waals surface area contributed by atoms with Gasteiger partial charge in [-0.25, -0.2) is 4.79 Å². The highest BCUT2D eigenvalue weighted by Crippen LogP contribution is 2.04. The van der Waals surface area contributed by atoms with Crippen molar-refractivity contribution in [3.05, 3.63) is 11.6 Å². The van der Waals surface area contributed by atoms with E-state index in [4.69, 9.17) is 5.11 Å². The molecule has 0 spiro atoms. The minimum atomic E-state index is -0.839. The van der Waals surface area contributed by atoms with E-state index in [1.54, 1.807) is 0 Å². The Bertz CT molecular complexity index is 136. The lowest BCUT2D eigenvalue weighted by atomic mass is 10.1. The average molecular weight is 142 g/mol. The van der Waals surface area contributed by atoms with E-state index < -0.39 is 5.97 Å². The Labute approximate surface area is 61.6 Å². The highest BCUT2D eigenvalue weighted by Gasteiger charge is 1.92. The first-order valence-electron chi connectivity index (χ1n) is 3.57. The van der Waals surface area contributed by atoms with Crippen molar-refractivity contribution in [2.24, 2.45) is 0 Å². The zero-order valence-corrected chi connectivity index (χ0v) is 6.55. The maximum absolute atomic E-state index is 10.1. The number of carboxylic acid groups (broad SMARTS) is 1. The Morgan fingerprint density at radius 3 is 2.60 bits per heavy atom. The second-order valence-electron chi connectivity index (χ2n) is 2.43. The maximum atomic E-state index is 10.1. The lowest BCUT2D eigenvalue weighted by molar-refractivity contribution is -0.131. The van der Waals surface area contributed by atoms with E-state index in [9.17, 15) is 4.79 Å². The molecule has 0 amide bonds. The van der Waals surface area contributed by atoms with Crippen LogP contribution in [0.1, 0.15) is 33.1 Å². The summed E-state index contributed by atoms with van der Waals surface area (Å²) < 4.78 is 0. The van der Waals surface area contributed by atoms with Crippen LogP contribution in [-0.4, -0.2) is 11.1 Å². The summed E-state index contributed by atoms with van der Waals surface area (Å²) in [5.74, 6) is -0.839. The maximum Gasteiger partial charge on any atom is 0.328 e. The minimum absolute atomic E-state index is 0.839. The highest BCUT2D eigenvalue weighted by molar-refractivity contribution is 5.80. The smallest absolute Gasteiger partial charge is 0.328 e. The van der Waals surface area contributed by atoms with Gasteiger partial charge in [0.05, 0.1) is 0 Å². The van der Waals surface area contributed by atoms with E-state index in [-0.39, 0.29) is 0 Å². The van der Waals surface area contributed by atoms with E-state index in [0.717, 1.165) is 24.8 Å². The molecule has 0 rings (SSSR count). The molecule has 2 nitrogen and oxygen atoms in total. The summed E-state index contributed by atoms with van der Waals surface area (Å²) in [6, 6.07) is 0. The van der Waals surface area contributed by atoms with Crippen molar-refractivity contribution in [3.8, 4) is 0 Å². The van der Waals surface area contributed by atoms with Gasteiger partial charge in [0.15, 0.2) is 0 Å². The molecule has 0 heterocycles. The van der Waals surface area contributed by atoms with Crippen molar-refractivity contribution < 1.29 is 9.90 Å². The van der Waals surface area contributed by atoms with Crippen LogP contribution in [0.5, 0.6) is 0 Å². The molecule has 2 heteroatoms. The summed E-state index contributed by atoms with van der Waals surface area (Å²) in [5.41, 5.74) is 0.953. The molecule has 1 N–H and O–H groups in total. The second-order valence-corrected chi connectivity index (χ2v) is 2.43. The molecule has 0 aliphatic heterocycles. The van der Waals surface area contributed by atoms with Crippen molar-refractivity contribution >= 4 is 5.97 Å². The largest absolute Gasteiger partial charge is 0.478 e. The third kappa shape index (κ3) is 5.35. The Balaban J connectivity index is 3.60. The van der Waals surface area contributed by atoms with Crippen molar-refractivity contribution in [2.75, 3.05) is 0 Å². The van der Waals surface area contributed by atoms with Crippen molar-refractivity contribution in [2.45, 2.75) is 33.1 Å².